The van der Waals surface area contributed by atoms with E-state index in [0.717, 1.165) is 22.2 Å². The highest BCUT2D eigenvalue weighted by Crippen LogP contribution is 2.30. The highest BCUT2D eigenvalue weighted by Gasteiger charge is 2.29. The molecule has 0 aromatic heterocycles. The average molecular weight is 494 g/mol. The van der Waals surface area contributed by atoms with Crippen LogP contribution in [-0.2, 0) is 12.8 Å². The molecule has 3 aromatic carbocycles. The normalized spacial score (nSPS) is 11.5. The molecule has 0 atom stereocenters. The number of ether oxygens (including phenoxy) is 1. The van der Waals surface area contributed by atoms with Crippen LogP contribution in [0, 0.1) is 10.1 Å². The van der Waals surface area contributed by atoms with Gasteiger partial charge in [-0.2, -0.15) is 18.3 Å². The SMILES string of the molecule is O=[N+]([O-])c1ccc(COc2ccc(Br)cc2/C=N/Nc2ccc(C(F)(F)F)cc2)cc1. The van der Waals surface area contributed by atoms with E-state index in [1.807, 2.05) is 0 Å². The van der Waals surface area contributed by atoms with Crippen molar-refractivity contribution < 1.29 is 22.8 Å². The van der Waals surface area contributed by atoms with E-state index in [4.69, 9.17) is 4.74 Å². The molecule has 0 heterocycles. The number of alkyl halides is 3. The van der Waals surface area contributed by atoms with E-state index >= 15 is 0 Å². The Balaban J connectivity index is 1.67. The summed E-state index contributed by atoms with van der Waals surface area (Å²) in [7, 11) is 0. The van der Waals surface area contributed by atoms with Gasteiger partial charge in [0.1, 0.15) is 12.4 Å². The van der Waals surface area contributed by atoms with Crippen LogP contribution in [0.5, 0.6) is 5.75 Å². The topological polar surface area (TPSA) is 76.8 Å². The monoisotopic (exact) mass is 493 g/mol. The maximum absolute atomic E-state index is 12.6. The Morgan fingerprint density at radius 2 is 1.74 bits per heavy atom. The molecule has 31 heavy (non-hydrogen) atoms. The van der Waals surface area contributed by atoms with Gasteiger partial charge in [-0.3, -0.25) is 15.5 Å². The minimum absolute atomic E-state index is 0.00504. The lowest BCUT2D eigenvalue weighted by Gasteiger charge is -2.10. The van der Waals surface area contributed by atoms with E-state index in [9.17, 15) is 23.3 Å². The number of rotatable bonds is 7. The van der Waals surface area contributed by atoms with E-state index in [2.05, 4.69) is 26.5 Å². The third kappa shape index (κ3) is 6.29. The fourth-order valence-corrected chi connectivity index (χ4v) is 2.92. The van der Waals surface area contributed by atoms with E-state index in [1.54, 1.807) is 30.3 Å². The van der Waals surface area contributed by atoms with Gasteiger partial charge in [-0.05, 0) is 60.2 Å². The first-order valence-electron chi connectivity index (χ1n) is 8.84. The summed E-state index contributed by atoms with van der Waals surface area (Å²) in [4.78, 5) is 10.3. The van der Waals surface area contributed by atoms with Crippen molar-refractivity contribution in [1.82, 2.24) is 0 Å². The summed E-state index contributed by atoms with van der Waals surface area (Å²) in [6, 6.07) is 15.8. The number of hydrazone groups is 1. The maximum atomic E-state index is 12.6. The second kappa shape index (κ2) is 9.61. The van der Waals surface area contributed by atoms with Crippen LogP contribution in [0.15, 0.2) is 76.3 Å². The zero-order valence-electron chi connectivity index (χ0n) is 15.8. The van der Waals surface area contributed by atoms with Crippen molar-refractivity contribution >= 4 is 33.5 Å². The van der Waals surface area contributed by atoms with E-state index < -0.39 is 16.7 Å². The molecule has 0 aliphatic heterocycles. The first-order valence-corrected chi connectivity index (χ1v) is 9.64. The Morgan fingerprint density at radius 3 is 2.35 bits per heavy atom. The number of nitrogens with zero attached hydrogens (tertiary/aromatic N) is 2. The van der Waals surface area contributed by atoms with Gasteiger partial charge in [0.25, 0.3) is 5.69 Å². The first-order chi connectivity index (χ1) is 14.7. The molecule has 0 radical (unpaired) electrons. The number of non-ortho nitro benzene ring substituents is 1. The summed E-state index contributed by atoms with van der Waals surface area (Å²) in [5.41, 5.74) is 3.70. The predicted molar refractivity (Wildman–Crippen MR) is 114 cm³/mol. The maximum Gasteiger partial charge on any atom is 0.416 e. The molecule has 0 bridgehead atoms. The highest BCUT2D eigenvalue weighted by atomic mass is 79.9. The molecule has 0 fully saturated rings. The molecule has 0 spiro atoms. The number of nitro groups is 1. The fraction of sp³-hybridized carbons (Fsp3) is 0.0952. The van der Waals surface area contributed by atoms with Crippen molar-refractivity contribution in [1.29, 1.82) is 0 Å². The van der Waals surface area contributed by atoms with Crippen LogP contribution in [0.2, 0.25) is 0 Å². The predicted octanol–water partition coefficient (Wildman–Crippen LogP) is 6.40. The van der Waals surface area contributed by atoms with Gasteiger partial charge in [0, 0.05) is 22.2 Å². The van der Waals surface area contributed by atoms with Gasteiger partial charge in [-0.25, -0.2) is 0 Å². The number of nitrogens with one attached hydrogen (secondary N) is 1. The largest absolute Gasteiger partial charge is 0.488 e. The molecule has 3 rings (SSSR count). The van der Waals surface area contributed by atoms with Gasteiger partial charge in [-0.1, -0.05) is 15.9 Å². The molecule has 1 N–H and O–H groups in total. The molecule has 0 saturated heterocycles. The number of halogens is 4. The fourth-order valence-electron chi connectivity index (χ4n) is 2.54. The molecular formula is C21H15BrF3N3O3. The lowest BCUT2D eigenvalue weighted by Crippen LogP contribution is -2.04. The van der Waals surface area contributed by atoms with Crippen molar-refractivity contribution in [3.05, 3.63) is 98.0 Å². The smallest absolute Gasteiger partial charge is 0.416 e. The number of anilines is 1. The highest BCUT2D eigenvalue weighted by molar-refractivity contribution is 9.10. The number of hydrogen-bond acceptors (Lipinski definition) is 5. The molecule has 10 heteroatoms. The second-order valence-electron chi connectivity index (χ2n) is 6.34. The average Bonchev–Trinajstić information content (AvgIpc) is 2.73. The molecule has 3 aromatic rings. The Kier molecular flexibility index (Phi) is 6.91. The standard InChI is InChI=1S/C21H15BrF3N3O3/c22-17-5-10-20(31-13-14-1-8-19(9-2-14)28(29)30)15(11-17)12-26-27-18-6-3-16(4-7-18)21(23,24)25/h1-12,27H,13H2/b26-12+. The minimum atomic E-state index is -4.39. The van der Waals surface area contributed by atoms with Crippen molar-refractivity contribution in [2.24, 2.45) is 5.10 Å². The van der Waals surface area contributed by atoms with Crippen LogP contribution in [-0.4, -0.2) is 11.1 Å². The summed E-state index contributed by atoms with van der Waals surface area (Å²) in [6.45, 7) is 0.187. The molecule has 160 valence electrons. The van der Waals surface area contributed by atoms with Crippen LogP contribution in [0.1, 0.15) is 16.7 Å². The zero-order chi connectivity index (χ0) is 22.4. The summed E-state index contributed by atoms with van der Waals surface area (Å²) < 4.78 is 44.5. The Morgan fingerprint density at radius 1 is 1.06 bits per heavy atom. The van der Waals surface area contributed by atoms with Gasteiger partial charge in [-0.15, -0.1) is 0 Å². The third-order valence-electron chi connectivity index (χ3n) is 4.12. The lowest BCUT2D eigenvalue weighted by atomic mass is 10.2. The van der Waals surface area contributed by atoms with E-state index in [0.29, 0.717) is 17.0 Å². The van der Waals surface area contributed by atoms with Gasteiger partial charge in [0.2, 0.25) is 0 Å². The van der Waals surface area contributed by atoms with Crippen LogP contribution in [0.4, 0.5) is 24.5 Å². The summed E-state index contributed by atoms with van der Waals surface area (Å²) in [5, 5.41) is 14.8. The molecule has 0 unspecified atom stereocenters. The molecule has 0 saturated carbocycles. The van der Waals surface area contributed by atoms with E-state index in [1.165, 1.54) is 30.5 Å². The molecule has 0 aliphatic rings. The van der Waals surface area contributed by atoms with Gasteiger partial charge >= 0.3 is 6.18 Å². The molecular weight excluding hydrogens is 479 g/mol. The number of nitro benzene ring substituents is 1. The summed E-state index contributed by atoms with van der Waals surface area (Å²) >= 11 is 3.37. The third-order valence-corrected chi connectivity index (χ3v) is 4.62. The minimum Gasteiger partial charge on any atom is -0.488 e. The molecule has 6 nitrogen and oxygen atoms in total. The molecule has 0 aliphatic carbocycles. The van der Waals surface area contributed by atoms with Gasteiger partial charge < -0.3 is 4.74 Å². The lowest BCUT2D eigenvalue weighted by molar-refractivity contribution is -0.384. The van der Waals surface area contributed by atoms with Crippen LogP contribution < -0.4 is 10.2 Å². The van der Waals surface area contributed by atoms with Crippen LogP contribution in [0.25, 0.3) is 0 Å². The molecule has 0 amide bonds. The summed E-state index contributed by atoms with van der Waals surface area (Å²) in [6.07, 6.45) is -2.92. The zero-order valence-corrected chi connectivity index (χ0v) is 17.4. The van der Waals surface area contributed by atoms with Gasteiger partial charge in [0.15, 0.2) is 0 Å². The Labute approximate surface area is 183 Å². The Hall–Kier alpha value is -3.40. The number of benzene rings is 3. The summed E-state index contributed by atoms with van der Waals surface area (Å²) in [5.74, 6) is 0.513. The van der Waals surface area contributed by atoms with Crippen molar-refractivity contribution in [3.63, 3.8) is 0 Å². The van der Waals surface area contributed by atoms with Crippen LogP contribution >= 0.6 is 15.9 Å². The quantitative estimate of drug-likeness (QED) is 0.234. The van der Waals surface area contributed by atoms with Crippen molar-refractivity contribution in [2.75, 3.05) is 5.43 Å². The number of hydrogen-bond donors (Lipinski definition) is 1. The van der Waals surface area contributed by atoms with Crippen molar-refractivity contribution in [2.45, 2.75) is 12.8 Å². The second-order valence-corrected chi connectivity index (χ2v) is 7.26. The van der Waals surface area contributed by atoms with Crippen molar-refractivity contribution in [3.8, 4) is 5.75 Å². The van der Waals surface area contributed by atoms with Crippen LogP contribution in [0.3, 0.4) is 0 Å². The van der Waals surface area contributed by atoms with Gasteiger partial charge in [0.05, 0.1) is 22.4 Å². The first kappa shape index (κ1) is 22.3. The Bertz CT molecular complexity index is 1090. The van der Waals surface area contributed by atoms with E-state index in [-0.39, 0.29) is 12.3 Å².